The van der Waals surface area contributed by atoms with Crippen LogP contribution in [0.25, 0.3) is 5.69 Å². The van der Waals surface area contributed by atoms with Gasteiger partial charge in [-0.2, -0.15) is 5.10 Å². The van der Waals surface area contributed by atoms with E-state index in [0.717, 1.165) is 16.8 Å². The monoisotopic (exact) mass is 405 g/mol. The van der Waals surface area contributed by atoms with Gasteiger partial charge in [0.2, 0.25) is 0 Å². The van der Waals surface area contributed by atoms with Crippen molar-refractivity contribution in [3.05, 3.63) is 77.6 Å². The van der Waals surface area contributed by atoms with Gasteiger partial charge in [0.05, 0.1) is 24.0 Å². The normalized spacial score (nSPS) is 21.0. The van der Waals surface area contributed by atoms with Crippen LogP contribution in [0.15, 0.2) is 60.9 Å². The zero-order valence-corrected chi connectivity index (χ0v) is 16.5. The Kier molecular flexibility index (Phi) is 4.98. The zero-order valence-electron chi connectivity index (χ0n) is 16.5. The number of hydrogen-bond acceptors (Lipinski definition) is 5. The highest BCUT2D eigenvalue weighted by molar-refractivity contribution is 6.01. The fourth-order valence-electron chi connectivity index (χ4n) is 3.98. The van der Waals surface area contributed by atoms with Gasteiger partial charge in [-0.05, 0) is 35.4 Å². The van der Waals surface area contributed by atoms with Crippen molar-refractivity contribution in [2.75, 3.05) is 13.2 Å². The third kappa shape index (κ3) is 3.58. The predicted molar refractivity (Wildman–Crippen MR) is 109 cm³/mol. The van der Waals surface area contributed by atoms with Gasteiger partial charge in [-0.1, -0.05) is 24.3 Å². The third-order valence-electron chi connectivity index (χ3n) is 5.60. The maximum absolute atomic E-state index is 13.1. The molecule has 1 saturated heterocycles. The highest BCUT2D eigenvalue weighted by Gasteiger charge is 2.33. The first-order valence-corrected chi connectivity index (χ1v) is 10.1. The molecule has 30 heavy (non-hydrogen) atoms. The van der Waals surface area contributed by atoms with E-state index in [1.165, 1.54) is 0 Å². The first-order valence-electron chi connectivity index (χ1n) is 10.1. The number of aromatic nitrogens is 2. The van der Waals surface area contributed by atoms with Crippen molar-refractivity contribution in [1.29, 1.82) is 0 Å². The van der Waals surface area contributed by atoms with E-state index in [1.807, 2.05) is 53.6 Å². The largest absolute Gasteiger partial charge is 0.484 e. The minimum absolute atomic E-state index is 0.0528. The summed E-state index contributed by atoms with van der Waals surface area (Å²) in [6, 6.07) is 15.5. The van der Waals surface area contributed by atoms with E-state index in [2.05, 4.69) is 5.10 Å². The molecule has 1 amide bonds. The molecular formula is C23H23N3O4. The lowest BCUT2D eigenvalue weighted by Gasteiger charge is -2.28. The predicted octanol–water partition coefficient (Wildman–Crippen LogP) is 2.56. The molecule has 1 aromatic heterocycles. The van der Waals surface area contributed by atoms with Crippen LogP contribution in [-0.2, 0) is 17.8 Å². The van der Waals surface area contributed by atoms with Crippen molar-refractivity contribution in [3.63, 3.8) is 0 Å². The molecule has 2 aromatic carbocycles. The van der Waals surface area contributed by atoms with Crippen molar-refractivity contribution in [3.8, 4) is 11.4 Å². The molecule has 1 fully saturated rings. The number of carbonyl (C=O) groups is 1. The van der Waals surface area contributed by atoms with E-state index >= 15 is 0 Å². The Labute approximate surface area is 174 Å². The molecule has 2 aliphatic rings. The smallest absolute Gasteiger partial charge is 0.258 e. The van der Waals surface area contributed by atoms with Gasteiger partial charge in [0.25, 0.3) is 5.91 Å². The van der Waals surface area contributed by atoms with Gasteiger partial charge >= 0.3 is 0 Å². The molecule has 154 valence electrons. The van der Waals surface area contributed by atoms with Crippen molar-refractivity contribution in [2.45, 2.75) is 31.7 Å². The Morgan fingerprint density at radius 2 is 2.03 bits per heavy atom. The SMILES string of the molecule is O=C1c2c(cccc2O[C@@H]2COCC[C@H]2O)CN1Cc1ccc(-n2cccn2)cc1. The van der Waals surface area contributed by atoms with Crippen LogP contribution in [0.1, 0.15) is 27.9 Å². The van der Waals surface area contributed by atoms with Crippen LogP contribution in [0, 0.1) is 0 Å². The number of ether oxygens (including phenoxy) is 2. The summed E-state index contributed by atoms with van der Waals surface area (Å²) >= 11 is 0. The molecule has 2 atom stereocenters. The van der Waals surface area contributed by atoms with E-state index in [4.69, 9.17) is 9.47 Å². The highest BCUT2D eigenvalue weighted by atomic mass is 16.5. The molecule has 0 radical (unpaired) electrons. The van der Waals surface area contributed by atoms with Gasteiger partial charge in [-0.3, -0.25) is 4.79 Å². The molecule has 0 bridgehead atoms. The fourth-order valence-corrected chi connectivity index (χ4v) is 3.98. The van der Waals surface area contributed by atoms with E-state index < -0.39 is 12.2 Å². The summed E-state index contributed by atoms with van der Waals surface area (Å²) in [7, 11) is 0. The number of amides is 1. The maximum atomic E-state index is 13.1. The summed E-state index contributed by atoms with van der Waals surface area (Å²) in [6.07, 6.45) is 3.13. The fraction of sp³-hybridized carbons (Fsp3) is 0.304. The van der Waals surface area contributed by atoms with Gasteiger partial charge in [-0.15, -0.1) is 0 Å². The number of hydrogen-bond donors (Lipinski definition) is 1. The second-order valence-electron chi connectivity index (χ2n) is 7.66. The summed E-state index contributed by atoms with van der Waals surface area (Å²) in [5.74, 6) is 0.464. The average molecular weight is 405 g/mol. The van der Waals surface area contributed by atoms with Crippen molar-refractivity contribution >= 4 is 5.91 Å². The number of fused-ring (bicyclic) bond motifs is 1. The molecular weight excluding hydrogens is 382 g/mol. The quantitative estimate of drug-likeness (QED) is 0.706. The Bertz CT molecular complexity index is 1030. The topological polar surface area (TPSA) is 76.8 Å². The number of carbonyl (C=O) groups excluding carboxylic acids is 1. The van der Waals surface area contributed by atoms with Crippen molar-refractivity contribution in [1.82, 2.24) is 14.7 Å². The van der Waals surface area contributed by atoms with Crippen LogP contribution >= 0.6 is 0 Å². The maximum Gasteiger partial charge on any atom is 0.258 e. The molecule has 1 N–H and O–H groups in total. The van der Waals surface area contributed by atoms with Crippen molar-refractivity contribution in [2.24, 2.45) is 0 Å². The lowest BCUT2D eigenvalue weighted by Crippen LogP contribution is -2.41. The molecule has 7 nitrogen and oxygen atoms in total. The van der Waals surface area contributed by atoms with E-state index in [0.29, 0.717) is 44.0 Å². The Morgan fingerprint density at radius 3 is 2.80 bits per heavy atom. The van der Waals surface area contributed by atoms with Crippen molar-refractivity contribution < 1.29 is 19.4 Å². The van der Waals surface area contributed by atoms with Gasteiger partial charge in [0.15, 0.2) is 0 Å². The van der Waals surface area contributed by atoms with E-state index in [9.17, 15) is 9.90 Å². The molecule has 3 aromatic rings. The van der Waals surface area contributed by atoms with Crippen LogP contribution in [0.2, 0.25) is 0 Å². The molecule has 0 saturated carbocycles. The van der Waals surface area contributed by atoms with Crippen LogP contribution in [0.3, 0.4) is 0 Å². The number of rotatable bonds is 5. The average Bonchev–Trinajstić information content (AvgIpc) is 3.40. The summed E-state index contributed by atoms with van der Waals surface area (Å²) in [4.78, 5) is 15.0. The molecule has 2 aliphatic heterocycles. The van der Waals surface area contributed by atoms with Crippen LogP contribution in [-0.4, -0.2) is 51.1 Å². The first-order chi connectivity index (χ1) is 14.7. The summed E-state index contributed by atoms with van der Waals surface area (Å²) in [5, 5.41) is 14.4. The Balaban J connectivity index is 1.31. The van der Waals surface area contributed by atoms with Gasteiger partial charge in [0, 0.05) is 38.5 Å². The van der Waals surface area contributed by atoms with E-state index in [-0.39, 0.29) is 5.91 Å². The minimum Gasteiger partial charge on any atom is -0.484 e. The number of aliphatic hydroxyl groups excluding tert-OH is 1. The minimum atomic E-state index is -0.587. The summed E-state index contributed by atoms with van der Waals surface area (Å²) in [5.41, 5.74) is 3.55. The molecule has 0 aliphatic carbocycles. The van der Waals surface area contributed by atoms with Crippen LogP contribution in [0.5, 0.6) is 5.75 Å². The van der Waals surface area contributed by atoms with E-state index in [1.54, 1.807) is 16.9 Å². The van der Waals surface area contributed by atoms with Gasteiger partial charge in [-0.25, -0.2) is 4.68 Å². The van der Waals surface area contributed by atoms with Gasteiger partial charge in [0.1, 0.15) is 11.9 Å². The van der Waals surface area contributed by atoms with Crippen LogP contribution in [0.4, 0.5) is 0 Å². The second kappa shape index (κ2) is 7.93. The molecule has 7 heteroatoms. The first kappa shape index (κ1) is 18.8. The number of aliphatic hydroxyl groups is 1. The molecule has 5 rings (SSSR count). The number of benzene rings is 2. The third-order valence-corrected chi connectivity index (χ3v) is 5.60. The van der Waals surface area contributed by atoms with Gasteiger partial charge < -0.3 is 19.5 Å². The Hall–Kier alpha value is -3.16. The standard InChI is InChI=1S/C23H23N3O4/c27-19-9-12-29-15-21(19)30-20-4-1-3-17-14-25(23(28)22(17)20)13-16-5-7-18(8-6-16)26-11-2-10-24-26/h1-8,10-11,19,21,27H,9,12-15H2/t19-,21-/m1/s1. The Morgan fingerprint density at radius 1 is 1.17 bits per heavy atom. The summed E-state index contributed by atoms with van der Waals surface area (Å²) < 4.78 is 13.2. The highest BCUT2D eigenvalue weighted by Crippen LogP contribution is 2.33. The second-order valence-corrected chi connectivity index (χ2v) is 7.66. The summed E-state index contributed by atoms with van der Waals surface area (Å²) in [6.45, 7) is 1.91. The molecule has 3 heterocycles. The molecule has 0 spiro atoms. The molecule has 0 unspecified atom stereocenters. The number of nitrogens with zero attached hydrogens (tertiary/aromatic N) is 3. The zero-order chi connectivity index (χ0) is 20.5. The lowest BCUT2D eigenvalue weighted by atomic mass is 10.1. The van der Waals surface area contributed by atoms with Crippen LogP contribution < -0.4 is 4.74 Å². The lowest BCUT2D eigenvalue weighted by molar-refractivity contribution is -0.0736.